The summed E-state index contributed by atoms with van der Waals surface area (Å²) >= 11 is 1.02. The zero-order chi connectivity index (χ0) is 18.5. The lowest BCUT2D eigenvalue weighted by Crippen LogP contribution is -2.54. The Hall–Kier alpha value is -2.15. The number of nitrogens with one attached hydrogen (secondary N) is 1. The van der Waals surface area contributed by atoms with Crippen LogP contribution in [0.4, 0.5) is 4.79 Å². The normalized spacial score (nSPS) is 23.2. The maximum atomic E-state index is 12.3. The lowest BCUT2D eigenvalue weighted by atomic mass is 9.89. The second-order valence-corrected chi connectivity index (χ2v) is 7.56. The van der Waals surface area contributed by atoms with E-state index >= 15 is 0 Å². The SMILES string of the molecule is O=C(CCC(=O)c1ccccc1)NC1CCCCC1N1C(=O)CSC1=O. The first-order valence-electron chi connectivity index (χ1n) is 8.92. The third-order valence-electron chi connectivity index (χ3n) is 4.87. The van der Waals surface area contributed by atoms with Crippen LogP contribution in [-0.2, 0) is 9.59 Å². The smallest absolute Gasteiger partial charge is 0.289 e. The van der Waals surface area contributed by atoms with Gasteiger partial charge < -0.3 is 5.32 Å². The third-order valence-corrected chi connectivity index (χ3v) is 5.70. The molecule has 6 nitrogen and oxygen atoms in total. The standard InChI is InChI=1S/C19H22N2O4S/c22-16(13-6-2-1-3-7-13)10-11-17(23)20-14-8-4-5-9-15(14)21-18(24)12-26-19(21)25/h1-3,6-7,14-15H,4-5,8-12H2,(H,20,23). The van der Waals surface area contributed by atoms with E-state index in [1.165, 1.54) is 4.90 Å². The van der Waals surface area contributed by atoms with Crippen molar-refractivity contribution in [1.82, 2.24) is 10.2 Å². The molecule has 1 aliphatic heterocycles. The molecule has 0 radical (unpaired) electrons. The zero-order valence-corrected chi connectivity index (χ0v) is 15.3. The highest BCUT2D eigenvalue weighted by atomic mass is 32.2. The minimum Gasteiger partial charge on any atom is -0.351 e. The first-order valence-corrected chi connectivity index (χ1v) is 9.91. The van der Waals surface area contributed by atoms with Gasteiger partial charge in [0.2, 0.25) is 11.8 Å². The summed E-state index contributed by atoms with van der Waals surface area (Å²) in [6, 6.07) is 8.40. The summed E-state index contributed by atoms with van der Waals surface area (Å²) in [5, 5.41) is 2.73. The van der Waals surface area contributed by atoms with E-state index < -0.39 is 0 Å². The van der Waals surface area contributed by atoms with Crippen LogP contribution in [0.5, 0.6) is 0 Å². The highest BCUT2D eigenvalue weighted by molar-refractivity contribution is 8.14. The molecule has 138 valence electrons. The molecule has 7 heteroatoms. The molecule has 2 fully saturated rings. The summed E-state index contributed by atoms with van der Waals surface area (Å²) < 4.78 is 0. The number of amides is 3. The van der Waals surface area contributed by atoms with E-state index in [1.54, 1.807) is 24.3 Å². The molecule has 1 N–H and O–H groups in total. The summed E-state index contributed by atoms with van der Waals surface area (Å²) in [5.41, 5.74) is 0.598. The van der Waals surface area contributed by atoms with Crippen molar-refractivity contribution in [2.75, 3.05) is 5.75 Å². The number of Topliss-reactive ketones (excluding diaryl/α,β-unsaturated/α-hetero) is 1. The molecule has 1 aliphatic carbocycles. The molecule has 2 atom stereocenters. The van der Waals surface area contributed by atoms with Gasteiger partial charge in [-0.25, -0.2) is 0 Å². The molecule has 3 amide bonds. The Morgan fingerprint density at radius 3 is 2.50 bits per heavy atom. The number of imide groups is 1. The van der Waals surface area contributed by atoms with E-state index in [0.29, 0.717) is 12.0 Å². The fraction of sp³-hybridized carbons (Fsp3) is 0.474. The maximum Gasteiger partial charge on any atom is 0.289 e. The summed E-state index contributed by atoms with van der Waals surface area (Å²) in [7, 11) is 0. The van der Waals surface area contributed by atoms with Crippen LogP contribution in [0.1, 0.15) is 48.9 Å². The number of carbonyl (C=O) groups excluding carboxylic acids is 4. The molecule has 2 aliphatic rings. The first-order chi connectivity index (χ1) is 12.6. The number of hydrogen-bond acceptors (Lipinski definition) is 5. The molecule has 1 heterocycles. The van der Waals surface area contributed by atoms with Crippen molar-refractivity contribution in [2.24, 2.45) is 0 Å². The molecular formula is C19H22N2O4S. The van der Waals surface area contributed by atoms with Gasteiger partial charge in [0.15, 0.2) is 5.78 Å². The quantitative estimate of drug-likeness (QED) is 0.774. The van der Waals surface area contributed by atoms with Gasteiger partial charge >= 0.3 is 0 Å². The minimum atomic E-state index is -0.271. The van der Waals surface area contributed by atoms with E-state index in [-0.39, 0.29) is 53.5 Å². The highest BCUT2D eigenvalue weighted by Crippen LogP contribution is 2.30. The van der Waals surface area contributed by atoms with Crippen LogP contribution in [0, 0.1) is 0 Å². The van der Waals surface area contributed by atoms with E-state index in [9.17, 15) is 19.2 Å². The van der Waals surface area contributed by atoms with Gasteiger partial charge in [0.1, 0.15) is 0 Å². The van der Waals surface area contributed by atoms with Crippen LogP contribution >= 0.6 is 11.8 Å². The number of ketones is 1. The fourth-order valence-electron chi connectivity index (χ4n) is 3.55. The molecule has 26 heavy (non-hydrogen) atoms. The Morgan fingerprint density at radius 2 is 1.81 bits per heavy atom. The van der Waals surface area contributed by atoms with Gasteiger partial charge in [-0.2, -0.15) is 0 Å². The largest absolute Gasteiger partial charge is 0.351 e. The lowest BCUT2D eigenvalue weighted by molar-refractivity contribution is -0.129. The molecule has 1 saturated heterocycles. The molecule has 2 unspecified atom stereocenters. The van der Waals surface area contributed by atoms with Crippen molar-refractivity contribution in [3.63, 3.8) is 0 Å². The Bertz CT molecular complexity index is 691. The fourth-order valence-corrected chi connectivity index (χ4v) is 4.31. The predicted octanol–water partition coefficient (Wildman–Crippen LogP) is 2.77. The van der Waals surface area contributed by atoms with Crippen LogP contribution in [0.2, 0.25) is 0 Å². The Labute approximate surface area is 156 Å². The molecule has 0 spiro atoms. The Kier molecular flexibility index (Phi) is 6.08. The van der Waals surface area contributed by atoms with Gasteiger partial charge in [0.25, 0.3) is 5.24 Å². The van der Waals surface area contributed by atoms with E-state index in [4.69, 9.17) is 0 Å². The number of thioether (sulfide) groups is 1. The van der Waals surface area contributed by atoms with Crippen molar-refractivity contribution in [2.45, 2.75) is 50.6 Å². The molecular weight excluding hydrogens is 352 g/mol. The third kappa shape index (κ3) is 4.33. The van der Waals surface area contributed by atoms with Crippen LogP contribution in [0.15, 0.2) is 30.3 Å². The molecule has 0 aromatic heterocycles. The Morgan fingerprint density at radius 1 is 1.08 bits per heavy atom. The van der Waals surface area contributed by atoms with E-state index in [1.807, 2.05) is 6.07 Å². The van der Waals surface area contributed by atoms with Gasteiger partial charge in [-0.15, -0.1) is 0 Å². The number of nitrogens with zero attached hydrogens (tertiary/aromatic N) is 1. The molecule has 0 bridgehead atoms. The minimum absolute atomic E-state index is 0.0674. The van der Waals surface area contributed by atoms with Crippen LogP contribution in [0.25, 0.3) is 0 Å². The lowest BCUT2D eigenvalue weighted by Gasteiger charge is -2.36. The molecule has 1 saturated carbocycles. The van der Waals surface area contributed by atoms with Crippen LogP contribution < -0.4 is 5.32 Å². The summed E-state index contributed by atoms with van der Waals surface area (Å²) in [6.45, 7) is 0. The predicted molar refractivity (Wildman–Crippen MR) is 98.9 cm³/mol. The second-order valence-electron chi connectivity index (χ2n) is 6.63. The number of benzene rings is 1. The summed E-state index contributed by atoms with van der Waals surface area (Å²) in [4.78, 5) is 49.8. The van der Waals surface area contributed by atoms with Gasteiger partial charge in [0, 0.05) is 24.4 Å². The van der Waals surface area contributed by atoms with Crippen molar-refractivity contribution in [3.8, 4) is 0 Å². The first kappa shape index (κ1) is 18.6. The number of hydrogen-bond donors (Lipinski definition) is 1. The number of carbonyl (C=O) groups is 4. The van der Waals surface area contributed by atoms with Gasteiger partial charge in [-0.3, -0.25) is 24.1 Å². The number of rotatable bonds is 6. The second kappa shape index (κ2) is 8.49. The Balaban J connectivity index is 1.56. The van der Waals surface area contributed by atoms with Crippen molar-refractivity contribution >= 4 is 34.6 Å². The van der Waals surface area contributed by atoms with E-state index in [2.05, 4.69) is 5.32 Å². The molecule has 1 aromatic rings. The average Bonchev–Trinajstić information content (AvgIpc) is 2.99. The topological polar surface area (TPSA) is 83.6 Å². The zero-order valence-electron chi connectivity index (χ0n) is 14.5. The molecule has 3 rings (SSSR count). The van der Waals surface area contributed by atoms with Crippen LogP contribution in [-0.4, -0.2) is 45.6 Å². The van der Waals surface area contributed by atoms with Crippen LogP contribution in [0.3, 0.4) is 0 Å². The van der Waals surface area contributed by atoms with Gasteiger partial charge in [0.05, 0.1) is 11.8 Å². The van der Waals surface area contributed by atoms with Gasteiger partial charge in [-0.1, -0.05) is 54.9 Å². The van der Waals surface area contributed by atoms with Crippen molar-refractivity contribution in [3.05, 3.63) is 35.9 Å². The van der Waals surface area contributed by atoms with Crippen molar-refractivity contribution < 1.29 is 19.2 Å². The average molecular weight is 374 g/mol. The summed E-state index contributed by atoms with van der Waals surface area (Å²) in [5.74, 6) is -0.271. The summed E-state index contributed by atoms with van der Waals surface area (Å²) in [6.07, 6.45) is 3.59. The van der Waals surface area contributed by atoms with Gasteiger partial charge in [-0.05, 0) is 12.8 Å². The maximum absolute atomic E-state index is 12.3. The van der Waals surface area contributed by atoms with Crippen molar-refractivity contribution in [1.29, 1.82) is 0 Å². The molecule has 1 aromatic carbocycles. The van der Waals surface area contributed by atoms with E-state index in [0.717, 1.165) is 31.0 Å². The highest BCUT2D eigenvalue weighted by Gasteiger charge is 2.41. The monoisotopic (exact) mass is 374 g/mol.